The third-order valence-electron chi connectivity index (χ3n) is 18.8. The molecule has 0 saturated heterocycles. The molecule has 0 spiro atoms. The summed E-state index contributed by atoms with van der Waals surface area (Å²) in [6, 6.07) is 46.0. The zero-order chi connectivity index (χ0) is 67.7. The van der Waals surface area contributed by atoms with E-state index in [-0.39, 0.29) is 38.4 Å². The highest BCUT2D eigenvalue weighted by atomic mass is 32.2. The van der Waals surface area contributed by atoms with E-state index in [1.54, 1.807) is 6.07 Å². The van der Waals surface area contributed by atoms with Crippen LogP contribution in [0.5, 0.6) is 0 Å². The maximum atomic E-state index is 17.1. The number of benzene rings is 10. The number of fused-ring (bicyclic) bond motifs is 7. The average molecular weight is 1290 g/mol. The van der Waals surface area contributed by atoms with E-state index in [0.717, 1.165) is 94.9 Å². The fraction of sp³-hybridized carbons (Fsp3) is 0.250. The van der Waals surface area contributed by atoms with Gasteiger partial charge in [0, 0.05) is 48.8 Å². The first-order chi connectivity index (χ1) is 43.9. The molecule has 2 aliphatic rings. The second-order valence-corrected chi connectivity index (χ2v) is 31.4. The number of halogens is 10. The van der Waals surface area contributed by atoms with Gasteiger partial charge in [-0.05, 0) is 131 Å². The Kier molecular flexibility index (Phi) is 15.1. The molecule has 11 aromatic rings. The van der Waals surface area contributed by atoms with Gasteiger partial charge in [-0.1, -0.05) is 224 Å². The number of rotatable bonds is 6. The summed E-state index contributed by atoms with van der Waals surface area (Å²) in [6.07, 6.45) is 0. The summed E-state index contributed by atoms with van der Waals surface area (Å²) >= 11 is 1.44. The van der Waals surface area contributed by atoms with Crippen LogP contribution in [0.4, 0.5) is 61.0 Å². The van der Waals surface area contributed by atoms with Crippen LogP contribution in [0.3, 0.4) is 0 Å². The molecule has 0 aliphatic carbocycles. The maximum absolute atomic E-state index is 17.1. The van der Waals surface area contributed by atoms with Crippen molar-refractivity contribution in [3.8, 4) is 50.2 Å². The predicted molar refractivity (Wildman–Crippen MR) is 366 cm³/mol. The van der Waals surface area contributed by atoms with Gasteiger partial charge < -0.3 is 9.47 Å². The van der Waals surface area contributed by atoms with Crippen LogP contribution in [0, 0.1) is 58.2 Å². The van der Waals surface area contributed by atoms with Crippen molar-refractivity contribution in [2.24, 2.45) is 0 Å². The first kappa shape index (κ1) is 64.2. The van der Waals surface area contributed by atoms with E-state index in [4.69, 9.17) is 0 Å². The molecule has 14 heteroatoms. The molecule has 0 unspecified atom stereocenters. The van der Waals surface area contributed by atoms with E-state index in [1.165, 1.54) is 16.7 Å². The van der Waals surface area contributed by atoms with Crippen LogP contribution >= 0.6 is 11.8 Å². The van der Waals surface area contributed by atoms with E-state index in [9.17, 15) is 0 Å². The molecule has 1 aromatic heterocycles. The summed E-state index contributed by atoms with van der Waals surface area (Å²) in [6.45, 7) is 31.4. The Bertz CT molecular complexity index is 4840. The molecule has 0 bridgehead atoms. The minimum atomic E-state index is -2.47. The van der Waals surface area contributed by atoms with Crippen LogP contribution in [0.2, 0.25) is 0 Å². The Morgan fingerprint density at radius 3 is 1.24 bits per heavy atom. The highest BCUT2D eigenvalue weighted by Gasteiger charge is 2.45. The second kappa shape index (κ2) is 22.0. The Labute approximate surface area is 546 Å². The lowest BCUT2D eigenvalue weighted by atomic mass is 9.34. The zero-order valence-corrected chi connectivity index (χ0v) is 55.8. The van der Waals surface area contributed by atoms with E-state index in [2.05, 4.69) is 175 Å². The standard InChI is InChI=1S/C80H69BF10N2S/c1-76(2,3)44-25-27-57-53(37-44)50-19-16-17-22-56(50)92(57)49-38-59-64-61(39-49)94-60-28-24-41(43-31-47(79(10,11)12)36-48(32-43)80(13,14)15)34-55(60)81(64)54-33-40(42-29-45(77(4,5)6)35-46(30-42)78(7,8)9)23-26-58(54)93(59)75-51(62-65(82)69(86)73(90)70(87)66(62)83)20-18-21-52(75)63-67(84)71(88)74(91)72(89)68(63)85/h16-39H,1-15H3. The molecule has 94 heavy (non-hydrogen) atoms. The molecular weight excluding hydrogens is 1220 g/mol. The van der Waals surface area contributed by atoms with Gasteiger partial charge in [-0.3, -0.25) is 0 Å². The number of nitrogens with zero attached hydrogens (tertiary/aromatic N) is 2. The lowest BCUT2D eigenvalue weighted by Gasteiger charge is -2.42. The van der Waals surface area contributed by atoms with Gasteiger partial charge in [0.1, 0.15) is 0 Å². The van der Waals surface area contributed by atoms with Crippen LogP contribution in [-0.2, 0) is 27.1 Å². The molecule has 0 amide bonds. The highest BCUT2D eigenvalue weighted by Crippen LogP contribution is 2.53. The molecule has 2 nitrogen and oxygen atoms in total. The molecule has 478 valence electrons. The van der Waals surface area contributed by atoms with Gasteiger partial charge >= 0.3 is 0 Å². The van der Waals surface area contributed by atoms with Crippen LogP contribution in [-0.4, -0.2) is 11.3 Å². The fourth-order valence-corrected chi connectivity index (χ4v) is 14.6. The molecule has 13 rings (SSSR count). The maximum Gasteiger partial charge on any atom is 0.249 e. The lowest BCUT2D eigenvalue weighted by Crippen LogP contribution is -2.60. The predicted octanol–water partition coefficient (Wildman–Crippen LogP) is 22.1. The van der Waals surface area contributed by atoms with Crippen LogP contribution < -0.4 is 21.3 Å². The summed E-state index contributed by atoms with van der Waals surface area (Å²) in [5, 5.41) is 1.81. The molecule has 0 radical (unpaired) electrons. The monoisotopic (exact) mass is 1290 g/mol. The van der Waals surface area contributed by atoms with Crippen molar-refractivity contribution in [2.45, 2.75) is 141 Å². The van der Waals surface area contributed by atoms with Gasteiger partial charge in [-0.15, -0.1) is 0 Å². The molecule has 10 aromatic carbocycles. The van der Waals surface area contributed by atoms with Gasteiger partial charge in [0.25, 0.3) is 0 Å². The van der Waals surface area contributed by atoms with Gasteiger partial charge in [0.05, 0.1) is 27.8 Å². The van der Waals surface area contributed by atoms with E-state index < -0.39 is 92.8 Å². The van der Waals surface area contributed by atoms with E-state index >= 15 is 43.9 Å². The Hall–Kier alpha value is -8.49. The topological polar surface area (TPSA) is 8.17 Å². The van der Waals surface area contributed by atoms with E-state index in [1.807, 2.05) is 54.6 Å². The normalized spacial score (nSPS) is 13.5. The van der Waals surface area contributed by atoms with E-state index in [0.29, 0.717) is 27.1 Å². The van der Waals surface area contributed by atoms with Crippen molar-refractivity contribution in [2.75, 3.05) is 4.90 Å². The Morgan fingerprint density at radius 2 is 0.766 bits per heavy atom. The first-order valence-corrected chi connectivity index (χ1v) is 32.2. The third-order valence-corrected chi connectivity index (χ3v) is 19.9. The number of para-hydroxylation sites is 2. The molecule has 0 saturated carbocycles. The summed E-state index contributed by atoms with van der Waals surface area (Å²) in [5.74, 6) is -23.5. The van der Waals surface area contributed by atoms with Crippen molar-refractivity contribution in [1.82, 2.24) is 4.57 Å². The zero-order valence-electron chi connectivity index (χ0n) is 55.0. The van der Waals surface area contributed by atoms with Crippen LogP contribution in [0.1, 0.15) is 132 Å². The Morgan fingerprint density at radius 1 is 0.330 bits per heavy atom. The van der Waals surface area contributed by atoms with Crippen molar-refractivity contribution in [3.63, 3.8) is 0 Å². The number of hydrogen-bond donors (Lipinski definition) is 0. The fourth-order valence-electron chi connectivity index (χ4n) is 13.4. The summed E-state index contributed by atoms with van der Waals surface area (Å²) in [7, 11) is 0. The minimum Gasteiger partial charge on any atom is -0.310 e. The lowest BCUT2D eigenvalue weighted by molar-refractivity contribution is 0.381. The van der Waals surface area contributed by atoms with Crippen LogP contribution in [0.25, 0.3) is 72.0 Å². The van der Waals surface area contributed by atoms with Crippen molar-refractivity contribution in [1.29, 1.82) is 0 Å². The van der Waals surface area contributed by atoms with Gasteiger partial charge in [-0.2, -0.15) is 0 Å². The summed E-state index contributed by atoms with van der Waals surface area (Å²) in [5.41, 5.74) is 6.40. The van der Waals surface area contributed by atoms with Gasteiger partial charge in [0.15, 0.2) is 46.5 Å². The van der Waals surface area contributed by atoms with Crippen LogP contribution in [0.15, 0.2) is 155 Å². The number of aromatic nitrogens is 1. The molecule has 0 fully saturated rings. The average Bonchev–Trinajstić information content (AvgIpc) is 0.821. The SMILES string of the molecule is CC(C)(C)c1cc(-c2ccc3c(c2)B2c4cc(-c5cc(C(C)(C)C)cc(C(C)(C)C)c5)ccc4N(c4c(-c5c(F)c(F)c(F)c(F)c5F)cccc4-c4c(F)c(F)c(F)c(F)c4F)c4cc(-n5c6ccccc6c6cc(C(C)(C)C)ccc65)cc(c42)S3)cc(C(C)(C)C)c1. The summed E-state index contributed by atoms with van der Waals surface area (Å²) in [4.78, 5) is 2.95. The first-order valence-electron chi connectivity index (χ1n) is 31.4. The van der Waals surface area contributed by atoms with Crippen molar-refractivity contribution >= 4 is 73.7 Å². The summed E-state index contributed by atoms with van der Waals surface area (Å²) < 4.78 is 165. The third kappa shape index (κ3) is 10.4. The van der Waals surface area contributed by atoms with Crippen molar-refractivity contribution in [3.05, 3.63) is 232 Å². The van der Waals surface area contributed by atoms with Gasteiger partial charge in [0.2, 0.25) is 18.3 Å². The quantitative estimate of drug-likeness (QED) is 0.0710. The smallest absolute Gasteiger partial charge is 0.249 e. The highest BCUT2D eigenvalue weighted by molar-refractivity contribution is 8.00. The Balaban J connectivity index is 1.22. The molecule has 0 atom stereocenters. The molecule has 2 aliphatic heterocycles. The minimum absolute atomic E-state index is 0.193. The molecular formula is C80H69BF10N2S. The molecule has 3 heterocycles. The number of anilines is 3. The largest absolute Gasteiger partial charge is 0.310 e. The second-order valence-electron chi connectivity index (χ2n) is 30.3. The van der Waals surface area contributed by atoms with Gasteiger partial charge in [-0.25, -0.2) is 43.9 Å². The molecule has 0 N–H and O–H groups in total. The number of hydrogen-bond acceptors (Lipinski definition) is 2. The van der Waals surface area contributed by atoms with Crippen molar-refractivity contribution < 1.29 is 43.9 Å².